The Kier molecular flexibility index (Phi) is 2.71. The van der Waals surface area contributed by atoms with Crippen molar-refractivity contribution in [2.45, 2.75) is 38.1 Å². The van der Waals surface area contributed by atoms with Gasteiger partial charge in [-0.3, -0.25) is 0 Å². The molecule has 0 aromatic heterocycles. The molecule has 3 heteroatoms. The SMILES string of the molecule is C[Si](C)([SiH3])C1CCCCO1. The molecule has 0 aromatic carbocycles. The van der Waals surface area contributed by atoms with E-state index in [2.05, 4.69) is 13.1 Å². The lowest BCUT2D eigenvalue weighted by Gasteiger charge is -2.32. The van der Waals surface area contributed by atoms with Crippen LogP contribution in [0.4, 0.5) is 0 Å². The summed E-state index contributed by atoms with van der Waals surface area (Å²) in [5.41, 5.74) is 0.702. The lowest BCUT2D eigenvalue weighted by molar-refractivity contribution is 0.0619. The van der Waals surface area contributed by atoms with E-state index in [-0.39, 0.29) is 0 Å². The summed E-state index contributed by atoms with van der Waals surface area (Å²) in [7, 11) is 0.543. The minimum atomic E-state index is -0.840. The third kappa shape index (κ3) is 2.21. The maximum absolute atomic E-state index is 5.74. The van der Waals surface area contributed by atoms with Gasteiger partial charge in [0, 0.05) is 22.1 Å². The first-order chi connectivity index (χ1) is 4.61. The van der Waals surface area contributed by atoms with Gasteiger partial charge >= 0.3 is 0 Å². The maximum atomic E-state index is 5.74. The molecule has 0 N–H and O–H groups in total. The van der Waals surface area contributed by atoms with E-state index in [1.807, 2.05) is 0 Å². The van der Waals surface area contributed by atoms with Crippen molar-refractivity contribution in [2.24, 2.45) is 0 Å². The van der Waals surface area contributed by atoms with Gasteiger partial charge < -0.3 is 4.74 Å². The molecule has 0 bridgehead atoms. The predicted octanol–water partition coefficient (Wildman–Crippen LogP) is 0.665. The van der Waals surface area contributed by atoms with Gasteiger partial charge in [-0.1, -0.05) is 13.1 Å². The monoisotopic (exact) mass is 174 g/mol. The van der Waals surface area contributed by atoms with Crippen molar-refractivity contribution in [3.05, 3.63) is 0 Å². The zero-order valence-electron chi connectivity index (χ0n) is 7.31. The molecular formula is C7H18OSi2. The third-order valence-electron chi connectivity index (χ3n) is 2.15. The van der Waals surface area contributed by atoms with Crippen LogP contribution in [-0.4, -0.2) is 29.7 Å². The summed E-state index contributed by atoms with van der Waals surface area (Å²) >= 11 is 0. The molecule has 1 nitrogen and oxygen atoms in total. The van der Waals surface area contributed by atoms with Gasteiger partial charge in [0.2, 0.25) is 0 Å². The third-order valence-corrected chi connectivity index (χ3v) is 6.46. The van der Waals surface area contributed by atoms with Crippen LogP contribution in [0.1, 0.15) is 19.3 Å². The van der Waals surface area contributed by atoms with E-state index < -0.39 is 7.59 Å². The van der Waals surface area contributed by atoms with Crippen LogP contribution in [0.3, 0.4) is 0 Å². The Bertz CT molecular complexity index is 103. The van der Waals surface area contributed by atoms with Crippen LogP contribution < -0.4 is 0 Å². The van der Waals surface area contributed by atoms with Crippen molar-refractivity contribution in [2.75, 3.05) is 6.61 Å². The fourth-order valence-electron chi connectivity index (χ4n) is 1.42. The van der Waals surface area contributed by atoms with Crippen molar-refractivity contribution < 1.29 is 4.74 Å². The minimum absolute atomic E-state index is 0.702. The summed E-state index contributed by atoms with van der Waals surface area (Å²) < 4.78 is 5.74. The minimum Gasteiger partial charge on any atom is -0.382 e. The lowest BCUT2D eigenvalue weighted by Crippen LogP contribution is -2.45. The molecular weight excluding hydrogens is 156 g/mol. The summed E-state index contributed by atoms with van der Waals surface area (Å²) in [6, 6.07) is 0. The van der Waals surface area contributed by atoms with Crippen molar-refractivity contribution in [1.29, 1.82) is 0 Å². The summed E-state index contributed by atoms with van der Waals surface area (Å²) in [5.74, 6) is 0. The zero-order chi connectivity index (χ0) is 7.61. The molecule has 0 aliphatic carbocycles. The molecule has 1 fully saturated rings. The normalized spacial score (nSPS) is 28.8. The van der Waals surface area contributed by atoms with Gasteiger partial charge in [0.1, 0.15) is 0 Å². The maximum Gasteiger partial charge on any atom is 0.0644 e. The largest absolute Gasteiger partial charge is 0.382 e. The Labute approximate surface area is 67.4 Å². The molecule has 0 saturated carbocycles. The molecule has 1 saturated heterocycles. The summed E-state index contributed by atoms with van der Waals surface area (Å²) in [5, 5.41) is 0. The fraction of sp³-hybridized carbons (Fsp3) is 1.00. The lowest BCUT2D eigenvalue weighted by atomic mass is 10.2. The summed E-state index contributed by atoms with van der Waals surface area (Å²) in [6.45, 7) is 5.94. The Morgan fingerprint density at radius 2 is 2.10 bits per heavy atom. The van der Waals surface area contributed by atoms with Gasteiger partial charge in [-0.25, -0.2) is 0 Å². The first-order valence-corrected chi connectivity index (χ1v) is 10.8. The molecule has 1 aliphatic rings. The fourth-order valence-corrected chi connectivity index (χ4v) is 4.48. The molecule has 10 heavy (non-hydrogen) atoms. The first kappa shape index (κ1) is 8.49. The van der Waals surface area contributed by atoms with Crippen LogP contribution in [0.15, 0.2) is 0 Å². The highest BCUT2D eigenvalue weighted by Gasteiger charge is 2.28. The van der Waals surface area contributed by atoms with Crippen LogP contribution in [0.5, 0.6) is 0 Å². The van der Waals surface area contributed by atoms with Crippen molar-refractivity contribution >= 4 is 17.4 Å². The Hall–Kier alpha value is 0.394. The smallest absolute Gasteiger partial charge is 0.0644 e. The Balaban J connectivity index is 2.39. The molecule has 1 atom stereocenters. The highest BCUT2D eigenvalue weighted by molar-refractivity contribution is 7.16. The van der Waals surface area contributed by atoms with Gasteiger partial charge in [-0.15, -0.1) is 0 Å². The number of hydrogen-bond acceptors (Lipinski definition) is 1. The van der Waals surface area contributed by atoms with Crippen LogP contribution in [0, 0.1) is 0 Å². The van der Waals surface area contributed by atoms with Crippen molar-refractivity contribution in [1.82, 2.24) is 0 Å². The summed E-state index contributed by atoms with van der Waals surface area (Å²) in [4.78, 5) is 0. The molecule has 1 heterocycles. The van der Waals surface area contributed by atoms with E-state index in [9.17, 15) is 0 Å². The second-order valence-corrected chi connectivity index (χ2v) is 17.3. The molecule has 0 radical (unpaired) electrons. The number of ether oxygens (including phenoxy) is 1. The first-order valence-electron chi connectivity index (χ1n) is 4.22. The number of hydrogen-bond donors (Lipinski definition) is 0. The molecule has 1 aliphatic heterocycles. The number of rotatable bonds is 1. The van der Waals surface area contributed by atoms with E-state index in [1.54, 1.807) is 0 Å². The van der Waals surface area contributed by atoms with E-state index in [1.165, 1.54) is 29.0 Å². The van der Waals surface area contributed by atoms with Crippen LogP contribution in [-0.2, 0) is 4.74 Å². The van der Waals surface area contributed by atoms with Gasteiger partial charge in [0.05, 0.1) is 7.59 Å². The highest BCUT2D eigenvalue weighted by Crippen LogP contribution is 2.19. The molecule has 1 unspecified atom stereocenters. The highest BCUT2D eigenvalue weighted by atomic mass is 29.2. The topological polar surface area (TPSA) is 9.23 Å². The molecule has 0 aromatic rings. The van der Waals surface area contributed by atoms with Gasteiger partial charge in [-0.2, -0.15) is 0 Å². The average Bonchev–Trinajstić information content (AvgIpc) is 1.88. The van der Waals surface area contributed by atoms with Gasteiger partial charge in [0.25, 0.3) is 0 Å². The molecule has 0 spiro atoms. The molecule has 0 amide bonds. The van der Waals surface area contributed by atoms with Crippen LogP contribution in [0.25, 0.3) is 0 Å². The second kappa shape index (κ2) is 3.19. The second-order valence-electron chi connectivity index (χ2n) is 4.22. The summed E-state index contributed by atoms with van der Waals surface area (Å²) in [6.07, 6.45) is 4.05. The van der Waals surface area contributed by atoms with Gasteiger partial charge in [-0.05, 0) is 19.3 Å². The van der Waals surface area contributed by atoms with E-state index in [4.69, 9.17) is 4.74 Å². The zero-order valence-corrected chi connectivity index (χ0v) is 10.3. The van der Waals surface area contributed by atoms with E-state index in [0.717, 1.165) is 6.61 Å². The van der Waals surface area contributed by atoms with Crippen molar-refractivity contribution in [3.63, 3.8) is 0 Å². The van der Waals surface area contributed by atoms with Crippen LogP contribution in [0.2, 0.25) is 13.1 Å². The van der Waals surface area contributed by atoms with Gasteiger partial charge in [0.15, 0.2) is 0 Å². The van der Waals surface area contributed by atoms with E-state index in [0.29, 0.717) is 5.73 Å². The average molecular weight is 174 g/mol. The molecule has 1 rings (SSSR count). The Morgan fingerprint density at radius 3 is 2.40 bits per heavy atom. The standard InChI is InChI=1S/C7H18OSi2/c1-10(2,9)7-5-3-4-6-8-7/h7H,3-6H2,1-2,9H3. The van der Waals surface area contributed by atoms with Crippen molar-refractivity contribution in [3.8, 4) is 0 Å². The molecule has 60 valence electrons. The van der Waals surface area contributed by atoms with Crippen LogP contribution >= 0.6 is 0 Å². The Morgan fingerprint density at radius 1 is 1.40 bits per heavy atom. The van der Waals surface area contributed by atoms with E-state index >= 15 is 0 Å². The predicted molar refractivity (Wildman–Crippen MR) is 51.0 cm³/mol. The quantitative estimate of drug-likeness (QED) is 0.531.